The Bertz CT molecular complexity index is 1460. The van der Waals surface area contributed by atoms with Crippen molar-refractivity contribution in [2.24, 2.45) is 0 Å². The number of rotatable bonds is 5. The van der Waals surface area contributed by atoms with Gasteiger partial charge in [0.1, 0.15) is 12.4 Å². The molecule has 0 aliphatic heterocycles. The molecule has 6 nitrogen and oxygen atoms in total. The molecule has 4 aromatic rings. The number of para-hydroxylation sites is 1. The second-order valence-corrected chi connectivity index (χ2v) is 7.92. The van der Waals surface area contributed by atoms with E-state index in [2.05, 4.69) is 5.32 Å². The Labute approximate surface area is 191 Å². The number of anilines is 1. The van der Waals surface area contributed by atoms with Gasteiger partial charge in [-0.05, 0) is 48.0 Å². The molecule has 9 heteroatoms. The number of benzene rings is 3. The molecule has 1 N–H and O–H groups in total. The quantitative estimate of drug-likeness (QED) is 0.471. The summed E-state index contributed by atoms with van der Waals surface area (Å²) in [4.78, 5) is 38.9. The summed E-state index contributed by atoms with van der Waals surface area (Å²) in [5.41, 5.74) is -0.0781. The number of carbonyl (C=O) groups excluding carboxylic acids is 1. The van der Waals surface area contributed by atoms with Crippen molar-refractivity contribution in [1.82, 2.24) is 9.13 Å². The smallest absolute Gasteiger partial charge is 0.323 e. The van der Waals surface area contributed by atoms with E-state index >= 15 is 0 Å². The number of aromatic nitrogens is 2. The molecule has 0 fully saturated rings. The lowest BCUT2D eigenvalue weighted by Crippen LogP contribution is -2.42. The molecule has 1 aromatic heterocycles. The fraction of sp³-hybridized carbons (Fsp3) is 0.0870. The van der Waals surface area contributed by atoms with Gasteiger partial charge in [0.25, 0.3) is 5.56 Å². The first-order valence-corrected chi connectivity index (χ1v) is 10.3. The molecule has 0 radical (unpaired) electrons. The zero-order chi connectivity index (χ0) is 22.8. The Morgan fingerprint density at radius 2 is 1.72 bits per heavy atom. The number of fused-ring (bicyclic) bond motifs is 1. The van der Waals surface area contributed by atoms with Crippen molar-refractivity contribution < 1.29 is 9.18 Å². The van der Waals surface area contributed by atoms with Gasteiger partial charge in [-0.15, -0.1) is 0 Å². The molecule has 3 aromatic carbocycles. The van der Waals surface area contributed by atoms with Crippen LogP contribution in [0.3, 0.4) is 0 Å². The van der Waals surface area contributed by atoms with Gasteiger partial charge in [0.15, 0.2) is 0 Å². The zero-order valence-corrected chi connectivity index (χ0v) is 18.0. The molecule has 0 atom stereocenters. The Morgan fingerprint density at radius 3 is 2.50 bits per heavy atom. The van der Waals surface area contributed by atoms with Crippen LogP contribution in [0.2, 0.25) is 10.0 Å². The van der Waals surface area contributed by atoms with Gasteiger partial charge in [-0.2, -0.15) is 0 Å². The van der Waals surface area contributed by atoms with E-state index < -0.39 is 29.5 Å². The summed E-state index contributed by atoms with van der Waals surface area (Å²) in [6, 6.07) is 16.9. The van der Waals surface area contributed by atoms with Gasteiger partial charge in [-0.1, -0.05) is 47.5 Å². The molecule has 32 heavy (non-hydrogen) atoms. The van der Waals surface area contributed by atoms with E-state index in [0.717, 1.165) is 10.6 Å². The summed E-state index contributed by atoms with van der Waals surface area (Å²) in [7, 11) is 0. The van der Waals surface area contributed by atoms with Crippen molar-refractivity contribution in [2.75, 3.05) is 5.32 Å². The SMILES string of the molecule is O=C(Cn1c(=O)n(Cc2cccc(Cl)c2)c(=O)c2ccccc21)Nc1cc(F)ccc1Cl. The highest BCUT2D eigenvalue weighted by atomic mass is 35.5. The molecule has 0 spiro atoms. The van der Waals surface area contributed by atoms with Crippen molar-refractivity contribution in [1.29, 1.82) is 0 Å². The lowest BCUT2D eigenvalue weighted by atomic mass is 10.2. The number of nitrogens with zero attached hydrogens (tertiary/aromatic N) is 2. The van der Waals surface area contributed by atoms with Gasteiger partial charge in [0, 0.05) is 5.02 Å². The highest BCUT2D eigenvalue weighted by molar-refractivity contribution is 6.33. The minimum absolute atomic E-state index is 0.0135. The summed E-state index contributed by atoms with van der Waals surface area (Å²) >= 11 is 12.0. The number of nitrogens with one attached hydrogen (secondary N) is 1. The summed E-state index contributed by atoms with van der Waals surface area (Å²) in [6.07, 6.45) is 0. The number of hydrogen-bond donors (Lipinski definition) is 1. The van der Waals surface area contributed by atoms with Crippen LogP contribution in [0.1, 0.15) is 5.56 Å². The van der Waals surface area contributed by atoms with E-state index in [1.165, 1.54) is 16.7 Å². The third-order valence-electron chi connectivity index (χ3n) is 4.87. The maximum atomic E-state index is 13.5. The molecule has 0 unspecified atom stereocenters. The van der Waals surface area contributed by atoms with E-state index in [4.69, 9.17) is 23.2 Å². The van der Waals surface area contributed by atoms with Gasteiger partial charge in [0.2, 0.25) is 5.91 Å². The summed E-state index contributed by atoms with van der Waals surface area (Å²) in [5, 5.41) is 3.42. The second-order valence-electron chi connectivity index (χ2n) is 7.08. The topological polar surface area (TPSA) is 73.1 Å². The first kappa shape index (κ1) is 21.8. The highest BCUT2D eigenvalue weighted by Gasteiger charge is 2.16. The third kappa shape index (κ3) is 4.44. The van der Waals surface area contributed by atoms with Crippen molar-refractivity contribution in [2.45, 2.75) is 13.1 Å². The van der Waals surface area contributed by atoms with Gasteiger partial charge in [-0.25, -0.2) is 9.18 Å². The van der Waals surface area contributed by atoms with Crippen LogP contribution < -0.4 is 16.6 Å². The molecule has 1 heterocycles. The van der Waals surface area contributed by atoms with Crippen LogP contribution in [0.15, 0.2) is 76.3 Å². The van der Waals surface area contributed by atoms with Crippen LogP contribution in [0.25, 0.3) is 10.9 Å². The molecular formula is C23H16Cl2FN3O3. The fourth-order valence-electron chi connectivity index (χ4n) is 3.41. The van der Waals surface area contributed by atoms with E-state index in [-0.39, 0.29) is 22.6 Å². The van der Waals surface area contributed by atoms with Crippen molar-refractivity contribution in [3.8, 4) is 0 Å². The van der Waals surface area contributed by atoms with Crippen molar-refractivity contribution >= 4 is 45.7 Å². The van der Waals surface area contributed by atoms with Gasteiger partial charge < -0.3 is 5.32 Å². The zero-order valence-electron chi connectivity index (χ0n) is 16.5. The van der Waals surface area contributed by atoms with Gasteiger partial charge >= 0.3 is 5.69 Å². The van der Waals surface area contributed by atoms with Crippen molar-refractivity contribution in [3.63, 3.8) is 0 Å². The first-order chi connectivity index (χ1) is 15.3. The number of halogens is 3. The van der Waals surface area contributed by atoms with Crippen LogP contribution in [0.4, 0.5) is 10.1 Å². The molecular weight excluding hydrogens is 456 g/mol. The molecule has 0 aliphatic rings. The minimum atomic E-state index is -0.658. The van der Waals surface area contributed by atoms with E-state index in [0.29, 0.717) is 16.1 Å². The summed E-state index contributed by atoms with van der Waals surface area (Å²) in [5.74, 6) is -1.17. The predicted molar refractivity (Wildman–Crippen MR) is 123 cm³/mol. The van der Waals surface area contributed by atoms with Crippen LogP contribution in [-0.4, -0.2) is 15.0 Å². The molecule has 0 saturated heterocycles. The predicted octanol–water partition coefficient (Wildman–Crippen LogP) is 4.30. The fourth-order valence-corrected chi connectivity index (χ4v) is 3.79. The Balaban J connectivity index is 1.76. The van der Waals surface area contributed by atoms with E-state index in [1.807, 2.05) is 0 Å². The minimum Gasteiger partial charge on any atom is -0.323 e. The third-order valence-corrected chi connectivity index (χ3v) is 5.43. The highest BCUT2D eigenvalue weighted by Crippen LogP contribution is 2.22. The molecule has 0 bridgehead atoms. The normalized spacial score (nSPS) is 11.0. The Hall–Kier alpha value is -3.42. The van der Waals surface area contributed by atoms with Gasteiger partial charge in [-0.3, -0.25) is 18.7 Å². The first-order valence-electron chi connectivity index (χ1n) is 9.55. The van der Waals surface area contributed by atoms with E-state index in [9.17, 15) is 18.8 Å². The Morgan fingerprint density at radius 1 is 0.938 bits per heavy atom. The molecule has 1 amide bonds. The van der Waals surface area contributed by atoms with Gasteiger partial charge in [0.05, 0.1) is 28.2 Å². The maximum absolute atomic E-state index is 13.5. The largest absolute Gasteiger partial charge is 0.332 e. The summed E-state index contributed by atoms with van der Waals surface area (Å²) < 4.78 is 15.8. The van der Waals surface area contributed by atoms with Crippen molar-refractivity contribution in [3.05, 3.63) is 109 Å². The number of carbonyl (C=O) groups is 1. The lowest BCUT2D eigenvalue weighted by Gasteiger charge is -2.15. The number of amides is 1. The standard InChI is InChI=1S/C23H16Cl2FN3O3/c24-15-5-3-4-14(10-15)12-29-22(31)17-6-1-2-7-20(17)28(23(29)32)13-21(30)27-19-11-16(26)8-9-18(19)25/h1-11H,12-13H2,(H,27,30). The van der Waals surface area contributed by atoms with Crippen LogP contribution >= 0.6 is 23.2 Å². The van der Waals surface area contributed by atoms with E-state index in [1.54, 1.807) is 48.5 Å². The monoisotopic (exact) mass is 471 g/mol. The molecule has 0 saturated carbocycles. The van der Waals surface area contributed by atoms with Crippen LogP contribution in [0.5, 0.6) is 0 Å². The molecule has 4 rings (SSSR count). The molecule has 162 valence electrons. The average Bonchev–Trinajstić information content (AvgIpc) is 2.77. The van der Waals surface area contributed by atoms with Crippen LogP contribution in [-0.2, 0) is 17.9 Å². The number of hydrogen-bond acceptors (Lipinski definition) is 3. The summed E-state index contributed by atoms with van der Waals surface area (Å²) in [6.45, 7) is -0.414. The lowest BCUT2D eigenvalue weighted by molar-refractivity contribution is -0.116. The van der Waals surface area contributed by atoms with Crippen LogP contribution in [0, 0.1) is 5.82 Å². The maximum Gasteiger partial charge on any atom is 0.332 e. The Kier molecular flexibility index (Phi) is 6.12. The molecule has 0 aliphatic carbocycles. The average molecular weight is 472 g/mol. The second kappa shape index (κ2) is 8.98.